The molecule has 0 bridgehead atoms. The molecule has 1 fully saturated rings. The number of thiophene rings is 1. The van der Waals surface area contributed by atoms with E-state index < -0.39 is 5.97 Å². The minimum atomic E-state index is -0.992. The molecule has 1 spiro atoms. The van der Waals surface area contributed by atoms with Crippen LogP contribution in [0.2, 0.25) is 0 Å². The molecule has 0 atom stereocenters. The molecule has 4 nitrogen and oxygen atoms in total. The monoisotopic (exact) mass is 388 g/mol. The molecular weight excluding hydrogens is 368 g/mol. The Hall–Kier alpha value is -1.63. The summed E-state index contributed by atoms with van der Waals surface area (Å²) in [5, 5.41) is 9.59. The average molecular weight is 389 g/mol. The van der Waals surface area contributed by atoms with Crippen molar-refractivity contribution in [3.05, 3.63) is 51.9 Å². The molecule has 6 heteroatoms. The molecule has 2 aliphatic rings. The molecular formula is C20H20O4S2. The molecule has 26 heavy (non-hydrogen) atoms. The molecule has 1 saturated heterocycles. The smallest absolute Gasteiger partial charge is 0.346 e. The third kappa shape index (κ3) is 3.33. The van der Waals surface area contributed by atoms with Gasteiger partial charge in [-0.15, -0.1) is 23.1 Å². The van der Waals surface area contributed by atoms with E-state index in [4.69, 9.17) is 4.74 Å². The summed E-state index contributed by atoms with van der Waals surface area (Å²) in [6.45, 7) is 1.37. The van der Waals surface area contributed by atoms with Gasteiger partial charge in [0.05, 0.1) is 4.21 Å². The molecule has 0 unspecified atom stereocenters. The summed E-state index contributed by atoms with van der Waals surface area (Å²) in [7, 11) is 0. The average Bonchev–Trinajstić information content (AvgIpc) is 3.00. The van der Waals surface area contributed by atoms with Crippen LogP contribution in [0.25, 0.3) is 0 Å². The quantitative estimate of drug-likeness (QED) is 0.772. The fourth-order valence-corrected chi connectivity index (χ4v) is 6.33. The Bertz CT molecular complexity index is 835. The third-order valence-electron chi connectivity index (χ3n) is 5.30. The van der Waals surface area contributed by atoms with Gasteiger partial charge >= 0.3 is 5.97 Å². The van der Waals surface area contributed by atoms with E-state index in [0.29, 0.717) is 25.2 Å². The Morgan fingerprint density at radius 3 is 2.62 bits per heavy atom. The van der Waals surface area contributed by atoms with Crippen molar-refractivity contribution in [3.63, 3.8) is 0 Å². The van der Waals surface area contributed by atoms with E-state index in [1.54, 1.807) is 11.8 Å². The van der Waals surface area contributed by atoms with Crippen molar-refractivity contribution in [2.75, 3.05) is 13.2 Å². The van der Waals surface area contributed by atoms with Gasteiger partial charge < -0.3 is 9.84 Å². The van der Waals surface area contributed by atoms with Crippen LogP contribution in [0.1, 0.15) is 50.4 Å². The highest BCUT2D eigenvalue weighted by atomic mass is 32.2. The number of rotatable bonds is 4. The number of hydrogen-bond acceptors (Lipinski definition) is 5. The number of fused-ring (bicyclic) bond motifs is 1. The first-order valence-corrected chi connectivity index (χ1v) is 10.5. The molecule has 0 saturated carbocycles. The summed E-state index contributed by atoms with van der Waals surface area (Å²) in [6.07, 6.45) is 2.99. The Kier molecular flexibility index (Phi) is 4.90. The molecule has 0 radical (unpaired) electrons. The molecule has 1 aromatic carbocycles. The largest absolute Gasteiger partial charge is 0.477 e. The van der Waals surface area contributed by atoms with Gasteiger partial charge in [-0.25, -0.2) is 4.79 Å². The van der Waals surface area contributed by atoms with Crippen LogP contribution in [0, 0.1) is 5.41 Å². The third-order valence-corrected chi connectivity index (χ3v) is 7.90. The Balaban J connectivity index is 1.68. The fourth-order valence-electron chi connectivity index (χ4n) is 3.91. The van der Waals surface area contributed by atoms with Crippen LogP contribution in [-0.4, -0.2) is 30.1 Å². The summed E-state index contributed by atoms with van der Waals surface area (Å²) >= 11 is 2.91. The first-order chi connectivity index (χ1) is 12.6. The van der Waals surface area contributed by atoms with Crippen molar-refractivity contribution in [1.29, 1.82) is 0 Å². The van der Waals surface area contributed by atoms with Crippen LogP contribution in [0.3, 0.4) is 0 Å². The van der Waals surface area contributed by atoms with Crippen molar-refractivity contribution in [3.8, 4) is 0 Å². The fraction of sp³-hybridized carbons (Fsp3) is 0.400. The lowest BCUT2D eigenvalue weighted by molar-refractivity contribution is 0.00901. The summed E-state index contributed by atoms with van der Waals surface area (Å²) < 4.78 is 6.48. The number of ketones is 1. The minimum Gasteiger partial charge on any atom is -0.477 e. The number of ether oxygens (including phenoxy) is 1. The van der Waals surface area contributed by atoms with Crippen molar-refractivity contribution < 1.29 is 19.4 Å². The number of benzene rings is 1. The first kappa shape index (κ1) is 17.8. The van der Waals surface area contributed by atoms with Crippen LogP contribution in [0.15, 0.2) is 34.5 Å². The maximum absolute atomic E-state index is 12.9. The van der Waals surface area contributed by atoms with Crippen molar-refractivity contribution in [2.45, 2.75) is 35.6 Å². The topological polar surface area (TPSA) is 63.6 Å². The van der Waals surface area contributed by atoms with Crippen molar-refractivity contribution in [1.82, 2.24) is 0 Å². The molecule has 2 aromatic rings. The van der Waals surface area contributed by atoms with Crippen LogP contribution in [-0.2, 0) is 16.9 Å². The van der Waals surface area contributed by atoms with E-state index in [0.717, 1.165) is 34.8 Å². The second kappa shape index (κ2) is 7.18. The maximum atomic E-state index is 12.9. The van der Waals surface area contributed by atoms with E-state index in [9.17, 15) is 14.7 Å². The lowest BCUT2D eigenvalue weighted by atomic mass is 9.67. The molecule has 1 aliphatic carbocycles. The summed E-state index contributed by atoms with van der Waals surface area (Å²) in [5.74, 6) is -0.223. The molecule has 4 rings (SSSR count). The van der Waals surface area contributed by atoms with Gasteiger partial charge in [0, 0.05) is 31.0 Å². The number of thioether (sulfide) groups is 1. The van der Waals surface area contributed by atoms with Gasteiger partial charge in [0.15, 0.2) is 5.78 Å². The van der Waals surface area contributed by atoms with Gasteiger partial charge in [0.2, 0.25) is 0 Å². The molecule has 1 aliphatic heterocycles. The highest BCUT2D eigenvalue weighted by Crippen LogP contribution is 2.49. The van der Waals surface area contributed by atoms with Gasteiger partial charge in [-0.3, -0.25) is 4.79 Å². The van der Waals surface area contributed by atoms with E-state index in [-0.39, 0.29) is 16.1 Å². The van der Waals surface area contributed by atoms with E-state index in [1.165, 1.54) is 16.9 Å². The van der Waals surface area contributed by atoms with Crippen LogP contribution >= 0.6 is 23.1 Å². The van der Waals surface area contributed by atoms with E-state index in [2.05, 4.69) is 12.1 Å². The van der Waals surface area contributed by atoms with Crippen LogP contribution in [0.4, 0.5) is 0 Å². The SMILES string of the molecule is O=C(O)c1sc(SCc2ccccc2)c2c1C(=O)CC1(CCOCC1)C2. The standard InChI is InChI=1S/C20H20O4S2/c21-15-11-20(6-8-24-9-7-20)10-14-16(15)17(18(22)23)26-19(14)25-12-13-4-2-1-3-5-13/h1-5H,6-12H2,(H,22,23). The second-order valence-electron chi connectivity index (χ2n) is 7.04. The lowest BCUT2D eigenvalue weighted by Crippen LogP contribution is -2.37. The second-order valence-corrected chi connectivity index (χ2v) is 9.31. The number of aromatic carboxylic acids is 1. The van der Waals surface area contributed by atoms with Gasteiger partial charge in [-0.1, -0.05) is 30.3 Å². The van der Waals surface area contributed by atoms with Gasteiger partial charge in [-0.05, 0) is 35.8 Å². The summed E-state index contributed by atoms with van der Waals surface area (Å²) in [4.78, 5) is 24.8. The molecule has 1 N–H and O–H groups in total. The zero-order chi connectivity index (χ0) is 18.1. The number of Topliss-reactive ketones (excluding diaryl/α,β-unsaturated/α-hetero) is 1. The number of hydrogen-bond donors (Lipinski definition) is 1. The number of carbonyl (C=O) groups is 2. The highest BCUT2D eigenvalue weighted by Gasteiger charge is 2.43. The number of carbonyl (C=O) groups excluding carboxylic acids is 1. The normalized spacial score (nSPS) is 18.7. The number of carboxylic acid groups (broad SMARTS) is 1. The zero-order valence-electron chi connectivity index (χ0n) is 14.3. The van der Waals surface area contributed by atoms with Gasteiger partial charge in [-0.2, -0.15) is 0 Å². The predicted molar refractivity (Wildman–Crippen MR) is 102 cm³/mol. The van der Waals surface area contributed by atoms with Crippen molar-refractivity contribution in [2.24, 2.45) is 5.41 Å². The predicted octanol–water partition coefficient (Wildman–Crippen LogP) is 4.66. The Labute approximate surface area is 160 Å². The van der Waals surface area contributed by atoms with Crippen LogP contribution in [0.5, 0.6) is 0 Å². The first-order valence-electron chi connectivity index (χ1n) is 8.75. The molecule has 1 aromatic heterocycles. The summed E-state index contributed by atoms with van der Waals surface area (Å²) in [5.41, 5.74) is 2.57. The van der Waals surface area contributed by atoms with E-state index in [1.807, 2.05) is 18.2 Å². The highest BCUT2D eigenvalue weighted by molar-refractivity contribution is 8.00. The maximum Gasteiger partial charge on any atom is 0.346 e. The Morgan fingerprint density at radius 1 is 1.19 bits per heavy atom. The Morgan fingerprint density at radius 2 is 1.92 bits per heavy atom. The minimum absolute atomic E-state index is 0.00615. The molecule has 136 valence electrons. The zero-order valence-corrected chi connectivity index (χ0v) is 16.0. The molecule has 2 heterocycles. The van der Waals surface area contributed by atoms with Crippen molar-refractivity contribution >= 4 is 34.9 Å². The number of carboxylic acids is 1. The van der Waals surface area contributed by atoms with E-state index >= 15 is 0 Å². The van der Waals surface area contributed by atoms with Gasteiger partial charge in [0.1, 0.15) is 4.88 Å². The van der Waals surface area contributed by atoms with Crippen LogP contribution < -0.4 is 0 Å². The summed E-state index contributed by atoms with van der Waals surface area (Å²) in [6, 6.07) is 10.1. The lowest BCUT2D eigenvalue weighted by Gasteiger charge is -2.39. The molecule has 0 amide bonds. The van der Waals surface area contributed by atoms with Gasteiger partial charge in [0.25, 0.3) is 0 Å².